The first-order chi connectivity index (χ1) is 14.0. The minimum atomic E-state index is -0.657. The molecule has 0 fully saturated rings. The Morgan fingerprint density at radius 3 is 2.76 bits per heavy atom. The lowest BCUT2D eigenvalue weighted by atomic mass is 10.1. The summed E-state index contributed by atoms with van der Waals surface area (Å²) in [5, 5.41) is 13.7. The smallest absolute Gasteiger partial charge is 0.247 e. The molecule has 1 aliphatic rings. The first-order valence-corrected chi connectivity index (χ1v) is 10.3. The van der Waals surface area contributed by atoms with E-state index in [1.54, 1.807) is 13.1 Å². The number of allylic oxidation sites excluding steroid dienone is 1. The van der Waals surface area contributed by atoms with Gasteiger partial charge in [-0.25, -0.2) is 0 Å². The summed E-state index contributed by atoms with van der Waals surface area (Å²) >= 11 is 6.71. The van der Waals surface area contributed by atoms with Crippen molar-refractivity contribution in [1.29, 1.82) is 0 Å². The Morgan fingerprint density at radius 2 is 1.97 bits per heavy atom. The summed E-state index contributed by atoms with van der Waals surface area (Å²) in [7, 11) is 0. The summed E-state index contributed by atoms with van der Waals surface area (Å²) in [6.45, 7) is 3.65. The van der Waals surface area contributed by atoms with Crippen LogP contribution in [-0.4, -0.2) is 21.8 Å². The number of aliphatic imine (C=N–C) groups is 1. The Labute approximate surface area is 177 Å². The number of nitrogens with zero attached hydrogens (tertiary/aromatic N) is 2. The van der Waals surface area contributed by atoms with Crippen molar-refractivity contribution in [2.24, 2.45) is 4.99 Å². The molecule has 146 valence electrons. The molecule has 1 aromatic heterocycles. The van der Waals surface area contributed by atoms with E-state index < -0.39 is 6.04 Å². The van der Waals surface area contributed by atoms with Gasteiger partial charge in [-0.05, 0) is 49.8 Å². The topological polar surface area (TPSA) is 66.6 Å². The average molecular weight is 422 g/mol. The number of fused-ring (bicyclic) bond motifs is 1. The number of hydrogen-bond donors (Lipinski definition) is 2. The summed E-state index contributed by atoms with van der Waals surface area (Å²) in [6, 6.07) is 14.7. The van der Waals surface area contributed by atoms with Gasteiger partial charge in [-0.2, -0.15) is 0 Å². The molecule has 0 saturated carbocycles. The van der Waals surface area contributed by atoms with E-state index in [-0.39, 0.29) is 11.8 Å². The minimum Gasteiger partial charge on any atom is -0.493 e. The zero-order chi connectivity index (χ0) is 20.5. The van der Waals surface area contributed by atoms with Crippen LogP contribution in [0.3, 0.4) is 0 Å². The summed E-state index contributed by atoms with van der Waals surface area (Å²) in [6.07, 6.45) is 3.62. The fourth-order valence-corrected chi connectivity index (χ4v) is 4.61. The second kappa shape index (κ2) is 7.77. The van der Waals surface area contributed by atoms with Crippen LogP contribution in [0.2, 0.25) is 0 Å². The Morgan fingerprint density at radius 1 is 1.24 bits per heavy atom. The van der Waals surface area contributed by atoms with Crippen LogP contribution in [0.15, 0.2) is 53.5 Å². The molecular weight excluding hydrogens is 402 g/mol. The van der Waals surface area contributed by atoms with Crippen LogP contribution in [0.5, 0.6) is 5.88 Å². The highest BCUT2D eigenvalue weighted by atomic mass is 32.1. The summed E-state index contributed by atoms with van der Waals surface area (Å²) < 4.78 is 1.92. The number of thiazole rings is 1. The normalized spacial score (nSPS) is 14.8. The Balaban J connectivity index is 1.63. The highest BCUT2D eigenvalue weighted by molar-refractivity contribution is 7.73. The second-order valence-corrected chi connectivity index (χ2v) is 8.46. The first-order valence-electron chi connectivity index (χ1n) is 9.11. The molecular formula is C22H19N3O2S2. The van der Waals surface area contributed by atoms with Gasteiger partial charge in [0, 0.05) is 23.0 Å². The van der Waals surface area contributed by atoms with Gasteiger partial charge < -0.3 is 10.4 Å². The van der Waals surface area contributed by atoms with E-state index in [0.717, 1.165) is 28.1 Å². The van der Waals surface area contributed by atoms with Gasteiger partial charge in [0.15, 0.2) is 3.95 Å². The number of aromatic nitrogens is 1. The molecule has 1 amide bonds. The highest BCUT2D eigenvalue weighted by Crippen LogP contribution is 2.37. The fourth-order valence-electron chi connectivity index (χ4n) is 3.19. The van der Waals surface area contributed by atoms with E-state index in [1.165, 1.54) is 15.9 Å². The predicted molar refractivity (Wildman–Crippen MR) is 122 cm³/mol. The van der Waals surface area contributed by atoms with Gasteiger partial charge in [-0.3, -0.25) is 14.4 Å². The Bertz CT molecular complexity index is 1220. The van der Waals surface area contributed by atoms with Crippen LogP contribution in [0.25, 0.3) is 11.6 Å². The van der Waals surface area contributed by atoms with Crippen molar-refractivity contribution in [2.45, 2.75) is 19.9 Å². The fraction of sp³-hybridized carbons (Fsp3) is 0.136. The molecule has 1 atom stereocenters. The molecule has 3 aromatic rings. The van der Waals surface area contributed by atoms with E-state index >= 15 is 0 Å². The van der Waals surface area contributed by atoms with Crippen LogP contribution >= 0.6 is 23.6 Å². The first kappa shape index (κ1) is 19.3. The summed E-state index contributed by atoms with van der Waals surface area (Å²) in [5.41, 5.74) is 4.51. The lowest BCUT2D eigenvalue weighted by Crippen LogP contribution is -2.23. The molecule has 2 N–H and O–H groups in total. The van der Waals surface area contributed by atoms with E-state index in [4.69, 9.17) is 12.2 Å². The monoisotopic (exact) mass is 421 g/mol. The molecule has 1 aliphatic heterocycles. The zero-order valence-electron chi connectivity index (χ0n) is 15.9. The van der Waals surface area contributed by atoms with Crippen molar-refractivity contribution >= 4 is 58.7 Å². The quantitative estimate of drug-likeness (QED) is 0.527. The number of aryl methyl sites for hydroxylation is 1. The van der Waals surface area contributed by atoms with E-state index in [9.17, 15) is 9.90 Å². The Kier molecular flexibility index (Phi) is 5.17. The van der Waals surface area contributed by atoms with Crippen LogP contribution in [0.4, 0.5) is 11.4 Å². The van der Waals surface area contributed by atoms with Crippen molar-refractivity contribution in [3.8, 4) is 5.88 Å². The van der Waals surface area contributed by atoms with E-state index in [1.807, 2.05) is 61.5 Å². The maximum atomic E-state index is 12.8. The van der Waals surface area contributed by atoms with Crippen molar-refractivity contribution in [3.63, 3.8) is 0 Å². The molecule has 0 aliphatic carbocycles. The number of carbonyl (C=O) groups is 1. The molecule has 0 bridgehead atoms. The molecule has 4 rings (SSSR count). The molecule has 5 nitrogen and oxygen atoms in total. The molecule has 7 heteroatoms. The minimum absolute atomic E-state index is 0.0160. The van der Waals surface area contributed by atoms with Gasteiger partial charge in [0.1, 0.15) is 6.04 Å². The molecule has 0 saturated heterocycles. The molecule has 29 heavy (non-hydrogen) atoms. The van der Waals surface area contributed by atoms with Crippen molar-refractivity contribution < 1.29 is 9.90 Å². The van der Waals surface area contributed by atoms with Gasteiger partial charge in [0.05, 0.1) is 10.6 Å². The largest absolute Gasteiger partial charge is 0.493 e. The molecule has 0 spiro atoms. The lowest BCUT2D eigenvalue weighted by molar-refractivity contribution is -0.118. The van der Waals surface area contributed by atoms with E-state index in [2.05, 4.69) is 10.3 Å². The maximum Gasteiger partial charge on any atom is 0.247 e. The summed E-state index contributed by atoms with van der Waals surface area (Å²) in [5.74, 6) is -0.256. The second-order valence-electron chi connectivity index (χ2n) is 6.78. The van der Waals surface area contributed by atoms with Crippen LogP contribution in [0.1, 0.15) is 29.0 Å². The van der Waals surface area contributed by atoms with Gasteiger partial charge in [0.25, 0.3) is 0 Å². The SMILES string of the molecule is Cc1ccccc1NC(=O)C(C)n1c(O)c(/C=C2\C=Nc3ccccc32)sc1=S. The number of anilines is 1. The van der Waals surface area contributed by atoms with Gasteiger partial charge >= 0.3 is 0 Å². The van der Waals surface area contributed by atoms with Crippen LogP contribution in [0, 0.1) is 10.9 Å². The summed E-state index contributed by atoms with van der Waals surface area (Å²) in [4.78, 5) is 17.8. The van der Waals surface area contributed by atoms with Gasteiger partial charge in [-0.1, -0.05) is 36.4 Å². The number of benzene rings is 2. The third kappa shape index (κ3) is 3.66. The number of carbonyl (C=O) groups excluding carboxylic acids is 1. The van der Waals surface area contributed by atoms with Crippen LogP contribution in [-0.2, 0) is 4.79 Å². The number of rotatable bonds is 4. The third-order valence-electron chi connectivity index (χ3n) is 4.86. The predicted octanol–water partition coefficient (Wildman–Crippen LogP) is 5.75. The number of nitrogens with one attached hydrogen (secondary N) is 1. The highest BCUT2D eigenvalue weighted by Gasteiger charge is 2.23. The third-order valence-corrected chi connectivity index (χ3v) is 6.19. The average Bonchev–Trinajstić information content (AvgIpc) is 3.24. The van der Waals surface area contributed by atoms with Crippen molar-refractivity contribution in [2.75, 3.05) is 5.32 Å². The Hall–Kier alpha value is -3.03. The number of amides is 1. The number of aromatic hydroxyl groups is 1. The molecule has 1 unspecified atom stereocenters. The number of para-hydroxylation sites is 2. The van der Waals surface area contributed by atoms with E-state index in [0.29, 0.717) is 8.83 Å². The van der Waals surface area contributed by atoms with Gasteiger partial charge in [-0.15, -0.1) is 11.3 Å². The molecule has 0 radical (unpaired) electrons. The zero-order valence-corrected chi connectivity index (χ0v) is 17.6. The lowest BCUT2D eigenvalue weighted by Gasteiger charge is -2.16. The molecule has 2 aromatic carbocycles. The number of hydrogen-bond acceptors (Lipinski definition) is 5. The van der Waals surface area contributed by atoms with Crippen molar-refractivity contribution in [3.05, 3.63) is 68.5 Å². The van der Waals surface area contributed by atoms with Crippen molar-refractivity contribution in [1.82, 2.24) is 4.57 Å². The standard InChI is InChI=1S/C22H19N3O2S2/c1-13-7-3-5-9-17(13)24-20(26)14(2)25-21(27)19(29-22(25)28)11-15-12-23-18-10-6-4-8-16(15)18/h3-12,14,27H,1-2H3,(H,24,26)/b15-11+. The molecule has 2 heterocycles. The maximum absolute atomic E-state index is 12.8. The van der Waals surface area contributed by atoms with Gasteiger partial charge in [0.2, 0.25) is 11.8 Å². The van der Waals surface area contributed by atoms with Crippen LogP contribution < -0.4 is 5.32 Å².